The first kappa shape index (κ1) is 38.0. The molecule has 40 heavy (non-hydrogen) atoms. The van der Waals surface area contributed by atoms with Crippen molar-refractivity contribution in [2.75, 3.05) is 11.5 Å². The van der Waals surface area contributed by atoms with E-state index in [-0.39, 0.29) is 62.8 Å². The van der Waals surface area contributed by atoms with E-state index in [1.54, 1.807) is 0 Å². The number of benzene rings is 2. The van der Waals surface area contributed by atoms with Gasteiger partial charge in [-0.05, 0) is 68.0 Å². The third-order valence-electron chi connectivity index (χ3n) is 5.15. The Morgan fingerprint density at radius 1 is 0.900 bits per heavy atom. The summed E-state index contributed by atoms with van der Waals surface area (Å²) in [4.78, 5) is 10.8. The number of hydrogen-bond acceptors (Lipinski definition) is 4. The van der Waals surface area contributed by atoms with E-state index < -0.39 is 34.9 Å². The number of Topliss-reactive ketones (excluding diaryl/α,β-unsaturated/α-hetero) is 1. The molecule has 2 fully saturated rings. The number of anilines is 2. The van der Waals surface area contributed by atoms with Crippen LogP contribution in [0, 0.1) is 36.0 Å². The van der Waals surface area contributed by atoms with Gasteiger partial charge in [0.15, 0.2) is 0 Å². The summed E-state index contributed by atoms with van der Waals surface area (Å²) in [5, 5.41) is 10.1. The van der Waals surface area contributed by atoms with Gasteiger partial charge in [0, 0.05) is 32.9 Å². The molecule has 0 aliphatic heterocycles. The molecule has 5 N–H and O–H groups in total. The van der Waals surface area contributed by atoms with Crippen molar-refractivity contribution in [3.05, 3.63) is 64.0 Å². The van der Waals surface area contributed by atoms with Crippen LogP contribution in [0.25, 0.3) is 0 Å². The molecular formula is C26H21Cl3F6MgN2O2. The maximum absolute atomic E-state index is 13.1. The Balaban J connectivity index is 0.000000637. The van der Waals surface area contributed by atoms with E-state index in [0.717, 1.165) is 31.0 Å². The Morgan fingerprint density at radius 2 is 1.38 bits per heavy atom. The summed E-state index contributed by atoms with van der Waals surface area (Å²) < 4.78 is 75.4. The van der Waals surface area contributed by atoms with Crippen molar-refractivity contribution < 1.29 is 48.7 Å². The number of alkyl halides is 6. The summed E-state index contributed by atoms with van der Waals surface area (Å²) in [6, 6.07) is 6.92. The van der Waals surface area contributed by atoms with Crippen LogP contribution in [0.15, 0.2) is 36.4 Å². The van der Waals surface area contributed by atoms with E-state index in [4.69, 9.17) is 41.1 Å². The fourth-order valence-corrected chi connectivity index (χ4v) is 3.02. The summed E-state index contributed by atoms with van der Waals surface area (Å²) in [5.74, 6) is 5.23. The van der Waals surface area contributed by atoms with E-state index in [1.807, 2.05) is 5.92 Å². The summed E-state index contributed by atoms with van der Waals surface area (Å²) in [6.07, 6.45) is 0.523. The van der Waals surface area contributed by atoms with Crippen LogP contribution in [0.3, 0.4) is 0 Å². The molecule has 4 nitrogen and oxygen atoms in total. The Hall–Kier alpha value is -1.99. The third-order valence-corrected chi connectivity index (χ3v) is 5.62. The molecular weight excluding hydrogens is 617 g/mol. The molecule has 0 amide bonds. The molecule has 0 radical (unpaired) electrons. The Morgan fingerprint density at radius 3 is 1.77 bits per heavy atom. The van der Waals surface area contributed by atoms with Gasteiger partial charge < -0.3 is 41.3 Å². The third kappa shape index (κ3) is 11.1. The van der Waals surface area contributed by atoms with Crippen molar-refractivity contribution in [2.45, 2.75) is 43.6 Å². The second-order valence-corrected chi connectivity index (χ2v) is 9.33. The van der Waals surface area contributed by atoms with Crippen LogP contribution in [0.4, 0.5) is 37.7 Å². The van der Waals surface area contributed by atoms with E-state index in [0.29, 0.717) is 5.92 Å². The van der Waals surface area contributed by atoms with E-state index >= 15 is 0 Å². The van der Waals surface area contributed by atoms with Crippen molar-refractivity contribution in [1.29, 1.82) is 0 Å². The molecule has 0 spiro atoms. The first-order chi connectivity index (χ1) is 17.5. The second-order valence-electron chi connectivity index (χ2n) is 8.46. The van der Waals surface area contributed by atoms with Crippen LogP contribution in [-0.2, 0) is 5.60 Å². The molecule has 212 valence electrons. The standard InChI is InChI=1S/C13H11ClF3NO.C8H5ClF3NO.C5H5.ClH.Mg/c14-9-3-4-11(18)10(7-9)12(19,13(15,16)17)6-5-8-1-2-8;9-4-1-2-6(13)5(3-4)7(14)8(10,11)12;1-2-5-3-4-5;;/h3-4,7-8,19H,1-2,18H2;1-3H,13H2;5H,3-4H2;1H;/q;;-1;;+2/p-1/t12-;;;;/m0..../s1. The number of carbonyl (C=O) groups excluding carboxylic acids is 1. The number of halogens is 9. The van der Waals surface area contributed by atoms with Crippen LogP contribution >= 0.6 is 23.2 Å². The molecule has 0 saturated heterocycles. The van der Waals surface area contributed by atoms with Crippen LogP contribution in [0.5, 0.6) is 0 Å². The molecule has 0 unspecified atom stereocenters. The Bertz CT molecular complexity index is 1280. The minimum atomic E-state index is -4.95. The van der Waals surface area contributed by atoms with Gasteiger partial charge in [-0.25, -0.2) is 0 Å². The maximum atomic E-state index is 13.1. The molecule has 1 atom stereocenters. The van der Waals surface area contributed by atoms with Crippen molar-refractivity contribution in [2.24, 2.45) is 11.8 Å². The molecule has 14 heteroatoms. The van der Waals surface area contributed by atoms with Crippen LogP contribution in [0.2, 0.25) is 10.0 Å². The smallest absolute Gasteiger partial charge is 1.00 e. The van der Waals surface area contributed by atoms with Crippen LogP contribution in [-0.4, -0.2) is 46.3 Å². The summed E-state index contributed by atoms with van der Waals surface area (Å²) >= 11 is 11.1. The van der Waals surface area contributed by atoms with Gasteiger partial charge in [-0.2, -0.15) is 26.3 Å². The van der Waals surface area contributed by atoms with Gasteiger partial charge in [-0.15, -0.1) is 0 Å². The number of nitrogen functional groups attached to an aromatic ring is 2. The van der Waals surface area contributed by atoms with Crippen molar-refractivity contribution in [3.8, 4) is 17.8 Å². The number of nitrogens with two attached hydrogens (primary N) is 2. The molecule has 2 aromatic rings. The number of ketones is 1. The molecule has 4 rings (SSSR count). The van der Waals surface area contributed by atoms with E-state index in [9.17, 15) is 36.2 Å². The quantitative estimate of drug-likeness (QED) is 0.118. The van der Waals surface area contributed by atoms with Gasteiger partial charge in [0.05, 0.1) is 5.56 Å². The second kappa shape index (κ2) is 15.3. The molecule has 0 bridgehead atoms. The fraction of sp³-hybridized carbons (Fsp3) is 0.346. The first-order valence-corrected chi connectivity index (χ1v) is 11.7. The fourth-order valence-electron chi connectivity index (χ4n) is 2.67. The van der Waals surface area contributed by atoms with E-state index in [1.165, 1.54) is 31.0 Å². The predicted octanol–water partition coefficient (Wildman–Crippen LogP) is 3.36. The number of aliphatic hydroxyl groups is 1. The normalized spacial score (nSPS) is 15.4. The first-order valence-electron chi connectivity index (χ1n) is 11.0. The number of carbonyl (C=O) groups is 1. The van der Waals surface area contributed by atoms with Gasteiger partial charge in [-0.3, -0.25) is 4.79 Å². The van der Waals surface area contributed by atoms with E-state index in [2.05, 4.69) is 11.8 Å². The van der Waals surface area contributed by atoms with Crippen molar-refractivity contribution in [1.82, 2.24) is 0 Å². The van der Waals surface area contributed by atoms with Gasteiger partial charge >= 0.3 is 35.4 Å². The molecule has 2 aromatic carbocycles. The minimum absolute atomic E-state index is 0. The molecule has 2 saturated carbocycles. The van der Waals surface area contributed by atoms with Crippen molar-refractivity contribution >= 4 is 63.4 Å². The summed E-state index contributed by atoms with van der Waals surface area (Å²) in [7, 11) is 0. The zero-order valence-electron chi connectivity index (χ0n) is 20.6. The van der Waals surface area contributed by atoms with Crippen LogP contribution in [0.1, 0.15) is 41.6 Å². The monoisotopic (exact) mass is 636 g/mol. The molecule has 0 heterocycles. The van der Waals surface area contributed by atoms with Gasteiger partial charge in [-0.1, -0.05) is 35.0 Å². The van der Waals surface area contributed by atoms with Gasteiger partial charge in [0.1, 0.15) is 0 Å². The van der Waals surface area contributed by atoms with Crippen molar-refractivity contribution in [3.63, 3.8) is 0 Å². The average molecular weight is 638 g/mol. The maximum Gasteiger partial charge on any atom is 2.00 e. The molecule has 2 aliphatic rings. The zero-order chi connectivity index (χ0) is 28.9. The summed E-state index contributed by atoms with van der Waals surface area (Å²) in [5.41, 5.74) is 5.84. The zero-order valence-corrected chi connectivity index (χ0v) is 24.2. The predicted molar refractivity (Wildman–Crippen MR) is 138 cm³/mol. The molecule has 2 aliphatic carbocycles. The average Bonchev–Trinajstić information content (AvgIpc) is 3.74. The Kier molecular flexibility index (Phi) is 14.5. The number of rotatable bonds is 2. The topological polar surface area (TPSA) is 89.3 Å². The van der Waals surface area contributed by atoms with Gasteiger partial charge in [0.25, 0.3) is 5.78 Å². The summed E-state index contributed by atoms with van der Waals surface area (Å²) in [6.45, 7) is 0. The SMILES string of the molecule is Nc1ccc(Cl)cc1C(=O)C(F)(F)F.Nc1ccc(Cl)cc1[C@@](O)(C#CC1CC1)C(F)(F)F.[C-]#CC1CC1.[Cl-].[Mg+2]. The Labute approximate surface area is 259 Å². The molecule has 0 aromatic heterocycles. The largest absolute Gasteiger partial charge is 2.00 e. The minimum Gasteiger partial charge on any atom is -1.00 e. The van der Waals surface area contributed by atoms with Gasteiger partial charge in [0.2, 0.25) is 5.60 Å². The number of hydrogen-bond donors (Lipinski definition) is 3. The van der Waals surface area contributed by atoms with Crippen LogP contribution < -0.4 is 23.9 Å².